The van der Waals surface area contributed by atoms with Gasteiger partial charge < -0.3 is 9.47 Å². The molecule has 0 N–H and O–H groups in total. The molecule has 1 aromatic carbocycles. The maximum Gasteiger partial charge on any atom is 0.417 e. The maximum atomic E-state index is 13.0. The summed E-state index contributed by atoms with van der Waals surface area (Å²) in [6, 6.07) is 9.22. The lowest BCUT2D eigenvalue weighted by Crippen LogP contribution is -2.31. The van der Waals surface area contributed by atoms with E-state index in [9.17, 15) is 22.8 Å². The van der Waals surface area contributed by atoms with E-state index in [1.807, 2.05) is 18.2 Å². The van der Waals surface area contributed by atoms with Gasteiger partial charge in [-0.15, -0.1) is 0 Å². The maximum absolute atomic E-state index is 13.0. The number of aryl methyl sites for hydroxylation is 1. The quantitative estimate of drug-likeness (QED) is 0.655. The van der Waals surface area contributed by atoms with Gasteiger partial charge >= 0.3 is 6.18 Å². The van der Waals surface area contributed by atoms with E-state index in [2.05, 4.69) is 4.98 Å². The van der Waals surface area contributed by atoms with Gasteiger partial charge in [-0.3, -0.25) is 14.6 Å². The number of hydrogen-bond acceptors (Lipinski definition) is 3. The van der Waals surface area contributed by atoms with E-state index in [1.54, 1.807) is 24.2 Å². The fraction of sp³-hybridized carbons (Fsp3) is 0.227. The lowest BCUT2D eigenvalue weighted by molar-refractivity contribution is -0.138. The van der Waals surface area contributed by atoms with Gasteiger partial charge in [0.2, 0.25) is 5.91 Å². The van der Waals surface area contributed by atoms with Gasteiger partial charge in [-0.2, -0.15) is 13.2 Å². The molecule has 1 aliphatic heterocycles. The highest BCUT2D eigenvalue weighted by Crippen LogP contribution is 2.37. The molecule has 0 atom stereocenters. The molecule has 5 nitrogen and oxygen atoms in total. The molecule has 3 heterocycles. The molecule has 3 aromatic rings. The van der Waals surface area contributed by atoms with Crippen molar-refractivity contribution in [3.63, 3.8) is 0 Å². The average molecular weight is 413 g/mol. The smallest absolute Gasteiger partial charge is 0.315 e. The van der Waals surface area contributed by atoms with Crippen molar-refractivity contribution >= 4 is 11.6 Å². The van der Waals surface area contributed by atoms with Crippen LogP contribution in [0.2, 0.25) is 0 Å². The number of alkyl halides is 3. The Balaban J connectivity index is 1.73. The molecule has 8 heteroatoms. The molecule has 0 spiro atoms. The summed E-state index contributed by atoms with van der Waals surface area (Å²) >= 11 is 0. The van der Waals surface area contributed by atoms with Crippen LogP contribution in [-0.2, 0) is 23.9 Å². The molecule has 0 aliphatic carbocycles. The molecule has 4 rings (SSSR count). The number of para-hydroxylation sites is 1. The summed E-state index contributed by atoms with van der Waals surface area (Å²) in [6.07, 6.45) is 0.534. The third kappa shape index (κ3) is 3.72. The summed E-state index contributed by atoms with van der Waals surface area (Å²) in [5.74, 6) is 0.0228. The summed E-state index contributed by atoms with van der Waals surface area (Å²) in [7, 11) is 1.73. The average Bonchev–Trinajstić information content (AvgIpc) is 2.71. The lowest BCUT2D eigenvalue weighted by atomic mass is 9.94. The predicted molar refractivity (Wildman–Crippen MR) is 106 cm³/mol. The first-order valence-electron chi connectivity index (χ1n) is 9.34. The van der Waals surface area contributed by atoms with Gasteiger partial charge in [0.1, 0.15) is 0 Å². The molecule has 154 valence electrons. The molecule has 0 radical (unpaired) electrons. The Hall–Kier alpha value is -3.42. The number of aromatic nitrogens is 2. The van der Waals surface area contributed by atoms with Crippen molar-refractivity contribution in [2.45, 2.75) is 25.6 Å². The van der Waals surface area contributed by atoms with Gasteiger partial charge in [-0.1, -0.05) is 18.2 Å². The minimum atomic E-state index is -4.53. The molecule has 1 aliphatic rings. The Morgan fingerprint density at radius 1 is 1.07 bits per heavy atom. The summed E-state index contributed by atoms with van der Waals surface area (Å²) in [5.41, 5.74) is 2.56. The predicted octanol–water partition coefficient (Wildman–Crippen LogP) is 3.89. The number of hydrogen-bond donors (Lipinski definition) is 0. The monoisotopic (exact) mass is 413 g/mol. The van der Waals surface area contributed by atoms with E-state index in [0.29, 0.717) is 18.4 Å². The van der Waals surface area contributed by atoms with Gasteiger partial charge in [-0.05, 0) is 29.7 Å². The zero-order valence-corrected chi connectivity index (χ0v) is 16.1. The van der Waals surface area contributed by atoms with E-state index in [-0.39, 0.29) is 12.5 Å². The first-order valence-corrected chi connectivity index (χ1v) is 9.34. The van der Waals surface area contributed by atoms with Crippen LogP contribution in [0.5, 0.6) is 0 Å². The van der Waals surface area contributed by atoms with Crippen molar-refractivity contribution in [1.82, 2.24) is 9.55 Å². The van der Waals surface area contributed by atoms with Crippen molar-refractivity contribution in [2.75, 3.05) is 11.9 Å². The van der Waals surface area contributed by atoms with Crippen molar-refractivity contribution in [3.8, 4) is 11.1 Å². The van der Waals surface area contributed by atoms with E-state index >= 15 is 0 Å². The number of rotatable bonds is 3. The van der Waals surface area contributed by atoms with Crippen molar-refractivity contribution in [2.24, 2.45) is 0 Å². The van der Waals surface area contributed by atoms with Crippen LogP contribution < -0.4 is 10.5 Å². The van der Waals surface area contributed by atoms with Crippen molar-refractivity contribution < 1.29 is 18.0 Å². The molecule has 0 saturated carbocycles. The molecule has 2 aromatic heterocycles. The third-order valence-electron chi connectivity index (χ3n) is 5.21. The number of carbonyl (C=O) groups is 1. The molecule has 0 bridgehead atoms. The Morgan fingerprint density at radius 2 is 1.87 bits per heavy atom. The second-order valence-electron chi connectivity index (χ2n) is 7.23. The molecule has 0 fully saturated rings. The first kappa shape index (κ1) is 19.9. The Morgan fingerprint density at radius 3 is 2.63 bits per heavy atom. The number of pyridine rings is 2. The van der Waals surface area contributed by atoms with Gasteiger partial charge in [-0.25, -0.2) is 0 Å². The zero-order valence-electron chi connectivity index (χ0n) is 16.1. The highest BCUT2D eigenvalue weighted by molar-refractivity contribution is 6.00. The Kier molecular flexibility index (Phi) is 4.93. The number of amides is 1. The fourth-order valence-electron chi connectivity index (χ4n) is 3.70. The molecule has 1 amide bonds. The van der Waals surface area contributed by atoms with Crippen LogP contribution in [0.4, 0.5) is 18.9 Å². The molecule has 0 unspecified atom stereocenters. The SMILES string of the molecule is CN1C(=O)CCc2cccc(-c3cncc(Cn4cc(C(F)(F)F)ccc4=O)c3)c21. The molecule has 30 heavy (non-hydrogen) atoms. The highest BCUT2D eigenvalue weighted by atomic mass is 19.4. The summed E-state index contributed by atoms with van der Waals surface area (Å²) in [4.78, 5) is 30.1. The second kappa shape index (κ2) is 7.44. The zero-order chi connectivity index (χ0) is 21.5. The molecular formula is C22H18F3N3O2. The minimum absolute atomic E-state index is 0.0228. The van der Waals surface area contributed by atoms with Crippen molar-refractivity contribution in [3.05, 3.63) is 82.0 Å². The van der Waals surface area contributed by atoms with Crippen LogP contribution in [-0.4, -0.2) is 22.5 Å². The van der Waals surface area contributed by atoms with Gasteiger partial charge in [0.25, 0.3) is 5.56 Å². The van der Waals surface area contributed by atoms with Crippen molar-refractivity contribution in [1.29, 1.82) is 0 Å². The summed E-state index contributed by atoms with van der Waals surface area (Å²) < 4.78 is 40.0. The standard InChI is InChI=1S/C22H18F3N3O2/c1-27-19(29)7-5-15-3-2-4-18(21(15)27)16-9-14(10-26-11-16)12-28-13-17(22(23,24)25)6-8-20(28)30/h2-4,6,8-11,13H,5,7,12H2,1H3. The molecular weight excluding hydrogens is 395 g/mol. The van der Waals surface area contributed by atoms with Crippen LogP contribution in [0.15, 0.2) is 59.8 Å². The largest absolute Gasteiger partial charge is 0.417 e. The van der Waals surface area contributed by atoms with Crippen LogP contribution in [0.3, 0.4) is 0 Å². The summed E-state index contributed by atoms with van der Waals surface area (Å²) in [6.45, 7) is -0.0482. The molecule has 0 saturated heterocycles. The minimum Gasteiger partial charge on any atom is -0.315 e. The Labute approximate surface area is 170 Å². The number of carbonyl (C=O) groups excluding carboxylic acids is 1. The van der Waals surface area contributed by atoms with E-state index in [0.717, 1.165) is 45.3 Å². The number of nitrogens with zero attached hydrogens (tertiary/aromatic N) is 3. The second-order valence-corrected chi connectivity index (χ2v) is 7.23. The van der Waals surface area contributed by atoms with Crippen LogP contribution in [0, 0.1) is 0 Å². The number of fused-ring (bicyclic) bond motifs is 1. The number of benzene rings is 1. The van der Waals surface area contributed by atoms with Crippen LogP contribution in [0.25, 0.3) is 11.1 Å². The lowest BCUT2D eigenvalue weighted by Gasteiger charge is -2.28. The third-order valence-corrected chi connectivity index (χ3v) is 5.21. The van der Waals surface area contributed by atoms with Gasteiger partial charge in [0.05, 0.1) is 17.8 Å². The van der Waals surface area contributed by atoms with E-state index in [4.69, 9.17) is 0 Å². The van der Waals surface area contributed by atoms with Gasteiger partial charge in [0.15, 0.2) is 0 Å². The summed E-state index contributed by atoms with van der Waals surface area (Å²) in [5, 5.41) is 0. The highest BCUT2D eigenvalue weighted by Gasteiger charge is 2.31. The number of anilines is 1. The normalized spacial score (nSPS) is 14.0. The Bertz CT molecular complexity index is 1180. The van der Waals surface area contributed by atoms with E-state index in [1.165, 1.54) is 6.20 Å². The van der Waals surface area contributed by atoms with E-state index < -0.39 is 17.3 Å². The topological polar surface area (TPSA) is 55.2 Å². The van der Waals surface area contributed by atoms with Crippen LogP contribution >= 0.6 is 0 Å². The first-order chi connectivity index (χ1) is 14.2. The number of halogens is 3. The van der Waals surface area contributed by atoms with Crippen LogP contribution in [0.1, 0.15) is 23.1 Å². The fourth-order valence-corrected chi connectivity index (χ4v) is 3.70. The van der Waals surface area contributed by atoms with Gasteiger partial charge in [0, 0.05) is 49.3 Å².